The van der Waals surface area contributed by atoms with Crippen molar-refractivity contribution in [3.8, 4) is 0 Å². The van der Waals surface area contributed by atoms with Gasteiger partial charge in [0.15, 0.2) is 0 Å². The summed E-state index contributed by atoms with van der Waals surface area (Å²) in [5.74, 6) is -0.755. The summed E-state index contributed by atoms with van der Waals surface area (Å²) in [5, 5.41) is 2.93. The first kappa shape index (κ1) is 19.6. The van der Waals surface area contributed by atoms with Crippen LogP contribution < -0.4 is 10.2 Å². The second kappa shape index (κ2) is 9.20. The molecule has 6 nitrogen and oxygen atoms in total. The quantitative estimate of drug-likeness (QED) is 0.693. The molecule has 1 amide bonds. The Hall–Kier alpha value is -2.70. The Bertz CT molecular complexity index is 828. The third kappa shape index (κ3) is 5.43. The normalized spacial score (nSPS) is 18.1. The van der Waals surface area contributed by atoms with E-state index in [1.165, 1.54) is 10.5 Å². The highest BCUT2D eigenvalue weighted by Gasteiger charge is 2.31. The van der Waals surface area contributed by atoms with Gasteiger partial charge in [-0.15, -0.1) is 0 Å². The van der Waals surface area contributed by atoms with Gasteiger partial charge in [0.25, 0.3) is 5.91 Å². The number of rotatable bonds is 7. The van der Waals surface area contributed by atoms with Crippen molar-refractivity contribution >= 4 is 11.9 Å². The van der Waals surface area contributed by atoms with Gasteiger partial charge in [-0.25, -0.2) is 4.79 Å². The summed E-state index contributed by atoms with van der Waals surface area (Å²) >= 11 is 0. The van der Waals surface area contributed by atoms with Gasteiger partial charge in [-0.2, -0.15) is 0 Å². The van der Waals surface area contributed by atoms with Gasteiger partial charge in [-0.05, 0) is 25.0 Å². The first-order valence-electron chi connectivity index (χ1n) is 10.3. The van der Waals surface area contributed by atoms with Crippen molar-refractivity contribution < 1.29 is 24.0 Å². The summed E-state index contributed by atoms with van der Waals surface area (Å²) in [7, 11) is 0. The Balaban J connectivity index is 1.41. The number of amides is 1. The summed E-state index contributed by atoms with van der Waals surface area (Å²) < 4.78 is 11.0. The third-order valence-corrected chi connectivity index (χ3v) is 5.33. The fraction of sp³-hybridized carbons (Fsp3) is 0.391. The van der Waals surface area contributed by atoms with Crippen LogP contribution >= 0.6 is 0 Å². The van der Waals surface area contributed by atoms with Gasteiger partial charge >= 0.3 is 5.97 Å². The fourth-order valence-corrected chi connectivity index (χ4v) is 3.46. The van der Waals surface area contributed by atoms with E-state index in [4.69, 9.17) is 9.47 Å². The number of quaternary nitrogens is 1. The maximum atomic E-state index is 12.7. The Kier molecular flexibility index (Phi) is 6.22. The number of carbonyl (C=O) groups excluding carboxylic acids is 2. The lowest BCUT2D eigenvalue weighted by molar-refractivity contribution is -0.921. The molecule has 1 atom stereocenters. The lowest BCUT2D eigenvalue weighted by Crippen LogP contribution is -3.12. The zero-order chi connectivity index (χ0) is 20.1. The van der Waals surface area contributed by atoms with Crippen molar-refractivity contribution in [1.82, 2.24) is 5.32 Å². The second-order valence-electron chi connectivity index (χ2n) is 7.71. The van der Waals surface area contributed by atoms with Gasteiger partial charge < -0.3 is 19.7 Å². The number of nitrogens with one attached hydrogen (secondary N) is 2. The average Bonchev–Trinajstić information content (AvgIpc) is 3.57. The number of carbonyl (C=O) groups is 2. The molecule has 1 aliphatic heterocycles. The molecule has 2 aromatic rings. The fourth-order valence-electron chi connectivity index (χ4n) is 3.46. The van der Waals surface area contributed by atoms with Gasteiger partial charge in [0.1, 0.15) is 19.6 Å². The summed E-state index contributed by atoms with van der Waals surface area (Å²) in [5.41, 5.74) is 2.29. The molecule has 2 aliphatic rings. The van der Waals surface area contributed by atoms with E-state index in [0.29, 0.717) is 11.1 Å². The van der Waals surface area contributed by atoms with Crippen molar-refractivity contribution in [3.05, 3.63) is 71.3 Å². The molecule has 2 fully saturated rings. The highest BCUT2D eigenvalue weighted by atomic mass is 16.5. The van der Waals surface area contributed by atoms with E-state index in [1.807, 2.05) is 30.3 Å². The summed E-state index contributed by atoms with van der Waals surface area (Å²) in [6.07, 6.45) is 1.02. The molecular weight excluding hydrogens is 368 g/mol. The standard InChI is InChI=1S/C23H26N2O4/c26-22(24-20-10-11-20)21(18-4-2-1-3-5-18)29-23(27)19-8-6-17(7-9-19)16-25-12-14-28-15-13-25/h1-9,20-21H,10-16H2,(H,24,26)/p+1/t21-/m1/s1. The third-order valence-electron chi connectivity index (χ3n) is 5.33. The summed E-state index contributed by atoms with van der Waals surface area (Å²) in [6.45, 7) is 4.50. The van der Waals surface area contributed by atoms with E-state index >= 15 is 0 Å². The molecule has 2 N–H and O–H groups in total. The zero-order valence-electron chi connectivity index (χ0n) is 16.4. The summed E-state index contributed by atoms with van der Waals surface area (Å²) in [6, 6.07) is 16.8. The molecule has 4 rings (SSSR count). The van der Waals surface area contributed by atoms with Crippen molar-refractivity contribution in [3.63, 3.8) is 0 Å². The minimum atomic E-state index is -0.943. The van der Waals surface area contributed by atoms with Crippen LogP contribution in [0.25, 0.3) is 0 Å². The predicted octanol–water partition coefficient (Wildman–Crippen LogP) is 1.28. The van der Waals surface area contributed by atoms with Crippen LogP contribution in [0.1, 0.15) is 40.4 Å². The number of hydrogen-bond acceptors (Lipinski definition) is 4. The smallest absolute Gasteiger partial charge is 0.339 e. The van der Waals surface area contributed by atoms with E-state index in [9.17, 15) is 9.59 Å². The summed E-state index contributed by atoms with van der Waals surface area (Å²) in [4.78, 5) is 26.8. The minimum absolute atomic E-state index is 0.203. The van der Waals surface area contributed by atoms with E-state index in [0.717, 1.165) is 45.7 Å². The molecule has 0 aromatic heterocycles. The molecule has 0 bridgehead atoms. The molecule has 1 saturated carbocycles. The maximum Gasteiger partial charge on any atom is 0.339 e. The number of ether oxygens (including phenoxy) is 2. The predicted molar refractivity (Wildman–Crippen MR) is 107 cm³/mol. The van der Waals surface area contributed by atoms with Crippen LogP contribution in [0.15, 0.2) is 54.6 Å². The Morgan fingerprint density at radius 1 is 1.03 bits per heavy atom. The molecule has 0 radical (unpaired) electrons. The Morgan fingerprint density at radius 2 is 1.72 bits per heavy atom. The zero-order valence-corrected chi connectivity index (χ0v) is 16.4. The highest BCUT2D eigenvalue weighted by Crippen LogP contribution is 2.24. The molecule has 6 heteroatoms. The van der Waals surface area contributed by atoms with Crippen LogP contribution in [0.5, 0.6) is 0 Å². The van der Waals surface area contributed by atoms with Crippen molar-refractivity contribution in [2.45, 2.75) is 31.5 Å². The second-order valence-corrected chi connectivity index (χ2v) is 7.71. The van der Waals surface area contributed by atoms with Crippen molar-refractivity contribution in [2.24, 2.45) is 0 Å². The van der Waals surface area contributed by atoms with Crippen LogP contribution in [-0.4, -0.2) is 44.2 Å². The molecule has 1 saturated heterocycles. The molecule has 29 heavy (non-hydrogen) atoms. The molecule has 0 spiro atoms. The lowest BCUT2D eigenvalue weighted by Gasteiger charge is -2.23. The van der Waals surface area contributed by atoms with Crippen LogP contribution in [0.2, 0.25) is 0 Å². The lowest BCUT2D eigenvalue weighted by atomic mass is 10.1. The van der Waals surface area contributed by atoms with Gasteiger partial charge in [-0.3, -0.25) is 4.79 Å². The average molecular weight is 395 g/mol. The monoisotopic (exact) mass is 395 g/mol. The van der Waals surface area contributed by atoms with Crippen LogP contribution in [0.3, 0.4) is 0 Å². The topological polar surface area (TPSA) is 69.1 Å². The van der Waals surface area contributed by atoms with Gasteiger partial charge in [-0.1, -0.05) is 42.5 Å². The van der Waals surface area contributed by atoms with Crippen LogP contribution in [-0.2, 0) is 20.8 Å². The highest BCUT2D eigenvalue weighted by molar-refractivity contribution is 5.92. The molecule has 2 aromatic carbocycles. The number of hydrogen-bond donors (Lipinski definition) is 2. The minimum Gasteiger partial charge on any atom is -0.444 e. The first-order chi connectivity index (χ1) is 14.2. The first-order valence-corrected chi connectivity index (χ1v) is 10.3. The SMILES string of the molecule is O=C(O[C@@H](C(=O)NC1CC1)c1ccccc1)c1ccc(C[NH+]2CCOCC2)cc1. The van der Waals surface area contributed by atoms with E-state index < -0.39 is 12.1 Å². The van der Waals surface area contributed by atoms with E-state index in [2.05, 4.69) is 5.32 Å². The van der Waals surface area contributed by atoms with E-state index in [1.54, 1.807) is 24.3 Å². The van der Waals surface area contributed by atoms with Crippen LogP contribution in [0, 0.1) is 0 Å². The maximum absolute atomic E-state index is 12.7. The largest absolute Gasteiger partial charge is 0.444 e. The molecular formula is C23H27N2O4+. The van der Waals surface area contributed by atoms with Crippen LogP contribution in [0.4, 0.5) is 0 Å². The molecule has 152 valence electrons. The Morgan fingerprint density at radius 3 is 2.38 bits per heavy atom. The number of esters is 1. The molecule has 1 heterocycles. The van der Waals surface area contributed by atoms with Gasteiger partial charge in [0.2, 0.25) is 6.10 Å². The molecule has 0 unspecified atom stereocenters. The molecule has 1 aliphatic carbocycles. The Labute approximate surface area is 170 Å². The van der Waals surface area contributed by atoms with E-state index in [-0.39, 0.29) is 11.9 Å². The number of morpholine rings is 1. The van der Waals surface area contributed by atoms with Gasteiger partial charge in [0.05, 0.1) is 18.8 Å². The number of benzene rings is 2. The van der Waals surface area contributed by atoms with Crippen molar-refractivity contribution in [1.29, 1.82) is 0 Å². The van der Waals surface area contributed by atoms with Crippen molar-refractivity contribution in [2.75, 3.05) is 26.3 Å². The van der Waals surface area contributed by atoms with Gasteiger partial charge in [0, 0.05) is 17.2 Å².